The minimum absolute atomic E-state index is 0.589. The Morgan fingerprint density at radius 2 is 2.00 bits per heavy atom. The molecule has 0 aromatic heterocycles. The first-order valence-electron chi connectivity index (χ1n) is 5.70. The molecule has 1 unspecified atom stereocenters. The van der Waals surface area contributed by atoms with Crippen molar-refractivity contribution in [2.45, 2.75) is 26.2 Å². The molecule has 0 amide bonds. The van der Waals surface area contributed by atoms with E-state index in [1.807, 2.05) is 0 Å². The summed E-state index contributed by atoms with van der Waals surface area (Å²) in [6, 6.07) is 0. The summed E-state index contributed by atoms with van der Waals surface area (Å²) in [5.41, 5.74) is 1.83. The van der Waals surface area contributed by atoms with Gasteiger partial charge in [0.15, 0.2) is 0 Å². The molecule has 0 aliphatic carbocycles. The summed E-state index contributed by atoms with van der Waals surface area (Å²) in [5, 5.41) is 0. The normalized spacial score (nSPS) is 34.0. The average Bonchev–Trinajstić information content (AvgIpc) is 2.49. The van der Waals surface area contributed by atoms with Crippen LogP contribution in [0.3, 0.4) is 0 Å². The Hall–Kier alpha value is -0.500. The van der Waals surface area contributed by atoms with Crippen molar-refractivity contribution in [3.05, 3.63) is 12.3 Å². The highest BCUT2D eigenvalue weighted by molar-refractivity contribution is 5.01. The Bertz CT molecular complexity index is 236. The van der Waals surface area contributed by atoms with E-state index in [1.165, 1.54) is 51.1 Å². The fraction of sp³-hybridized carbons (Fsp3) is 0.833. The molecule has 14 heavy (non-hydrogen) atoms. The van der Waals surface area contributed by atoms with Gasteiger partial charge in [-0.1, -0.05) is 6.58 Å². The second-order valence-corrected chi connectivity index (χ2v) is 5.25. The molecule has 0 aromatic rings. The monoisotopic (exact) mass is 194 g/mol. The molecule has 2 heterocycles. The van der Waals surface area contributed by atoms with Gasteiger partial charge >= 0.3 is 0 Å². The van der Waals surface area contributed by atoms with E-state index < -0.39 is 0 Å². The third-order valence-corrected chi connectivity index (χ3v) is 3.83. The molecule has 0 radical (unpaired) electrons. The number of hydrogen-bond acceptors (Lipinski definition) is 2. The minimum Gasteiger partial charge on any atom is -0.375 e. The molecular weight excluding hydrogens is 172 g/mol. The van der Waals surface area contributed by atoms with Crippen LogP contribution in [0.4, 0.5) is 0 Å². The first-order valence-corrected chi connectivity index (χ1v) is 5.70. The summed E-state index contributed by atoms with van der Waals surface area (Å²) in [6.45, 7) is 11.2. The molecule has 1 atom stereocenters. The molecule has 2 rings (SSSR count). The molecule has 0 saturated carbocycles. The van der Waals surface area contributed by atoms with Crippen molar-refractivity contribution in [2.24, 2.45) is 5.41 Å². The highest BCUT2D eigenvalue weighted by Crippen LogP contribution is 2.39. The van der Waals surface area contributed by atoms with Gasteiger partial charge in [0.2, 0.25) is 0 Å². The number of rotatable bonds is 1. The molecular formula is C12H22N2. The van der Waals surface area contributed by atoms with Crippen LogP contribution in [0.1, 0.15) is 26.2 Å². The van der Waals surface area contributed by atoms with Crippen molar-refractivity contribution in [1.29, 1.82) is 0 Å². The first-order chi connectivity index (χ1) is 6.61. The summed E-state index contributed by atoms with van der Waals surface area (Å²) >= 11 is 0. The maximum absolute atomic E-state index is 4.05. The Labute approximate surface area is 87.6 Å². The molecule has 0 bridgehead atoms. The average molecular weight is 194 g/mol. The van der Waals surface area contributed by atoms with Crippen LogP contribution in [0, 0.1) is 5.41 Å². The van der Waals surface area contributed by atoms with Crippen molar-refractivity contribution >= 4 is 0 Å². The van der Waals surface area contributed by atoms with Gasteiger partial charge in [0.25, 0.3) is 0 Å². The lowest BCUT2D eigenvalue weighted by molar-refractivity contribution is 0.117. The SMILES string of the molecule is C=C(C)N1CCC2(CCCN(C)C2)C1. The van der Waals surface area contributed by atoms with Gasteiger partial charge in [0.1, 0.15) is 0 Å². The van der Waals surface area contributed by atoms with Crippen LogP contribution in [-0.4, -0.2) is 43.0 Å². The lowest BCUT2D eigenvalue weighted by atomic mass is 9.79. The standard InChI is InChI=1S/C12H22N2/c1-11(2)14-8-6-12(10-14)5-4-7-13(3)9-12/h1,4-10H2,2-3H3. The largest absolute Gasteiger partial charge is 0.375 e. The summed E-state index contributed by atoms with van der Waals surface area (Å²) in [7, 11) is 2.25. The predicted molar refractivity (Wildman–Crippen MR) is 60.2 cm³/mol. The third kappa shape index (κ3) is 1.81. The second-order valence-electron chi connectivity index (χ2n) is 5.25. The van der Waals surface area contributed by atoms with Gasteiger partial charge in [-0.2, -0.15) is 0 Å². The zero-order valence-corrected chi connectivity index (χ0v) is 9.55. The van der Waals surface area contributed by atoms with Crippen molar-refractivity contribution in [3.8, 4) is 0 Å². The lowest BCUT2D eigenvalue weighted by Gasteiger charge is -2.38. The Kier molecular flexibility index (Phi) is 2.56. The van der Waals surface area contributed by atoms with Crippen LogP contribution in [0.15, 0.2) is 12.3 Å². The summed E-state index contributed by atoms with van der Waals surface area (Å²) in [4.78, 5) is 4.95. The third-order valence-electron chi connectivity index (χ3n) is 3.83. The van der Waals surface area contributed by atoms with Gasteiger partial charge in [-0.3, -0.25) is 0 Å². The Morgan fingerprint density at radius 1 is 1.21 bits per heavy atom. The zero-order chi connectivity index (χ0) is 10.2. The van der Waals surface area contributed by atoms with Crippen LogP contribution in [0.25, 0.3) is 0 Å². The topological polar surface area (TPSA) is 6.48 Å². The van der Waals surface area contributed by atoms with Crippen LogP contribution in [0.5, 0.6) is 0 Å². The predicted octanol–water partition coefficient (Wildman–Crippen LogP) is 1.94. The van der Waals surface area contributed by atoms with Gasteiger partial charge in [-0.15, -0.1) is 0 Å². The molecule has 2 nitrogen and oxygen atoms in total. The molecule has 2 aliphatic heterocycles. The van der Waals surface area contributed by atoms with Gasteiger partial charge in [-0.05, 0) is 39.8 Å². The molecule has 1 spiro atoms. The second kappa shape index (κ2) is 3.58. The van der Waals surface area contributed by atoms with Crippen molar-refractivity contribution in [2.75, 3.05) is 33.2 Å². The Balaban J connectivity index is 2.01. The van der Waals surface area contributed by atoms with E-state index in [-0.39, 0.29) is 0 Å². The van der Waals surface area contributed by atoms with Crippen LogP contribution in [0.2, 0.25) is 0 Å². The van der Waals surface area contributed by atoms with E-state index in [1.54, 1.807) is 0 Å². The number of piperidine rings is 1. The van der Waals surface area contributed by atoms with Gasteiger partial charge < -0.3 is 9.80 Å². The molecule has 2 fully saturated rings. The smallest absolute Gasteiger partial charge is 0.0244 e. The summed E-state index contributed by atoms with van der Waals surface area (Å²) in [6.07, 6.45) is 4.16. The minimum atomic E-state index is 0.589. The Morgan fingerprint density at radius 3 is 2.57 bits per heavy atom. The quantitative estimate of drug-likeness (QED) is 0.629. The maximum Gasteiger partial charge on any atom is 0.0244 e. The molecule has 2 aliphatic rings. The van der Waals surface area contributed by atoms with Crippen LogP contribution < -0.4 is 0 Å². The van der Waals surface area contributed by atoms with E-state index in [4.69, 9.17) is 0 Å². The number of nitrogens with zero attached hydrogens (tertiary/aromatic N) is 2. The van der Waals surface area contributed by atoms with Crippen LogP contribution >= 0.6 is 0 Å². The van der Waals surface area contributed by atoms with Gasteiger partial charge in [-0.25, -0.2) is 0 Å². The molecule has 0 aromatic carbocycles. The summed E-state index contributed by atoms with van der Waals surface area (Å²) in [5.74, 6) is 0. The lowest BCUT2D eigenvalue weighted by Crippen LogP contribution is -2.42. The van der Waals surface area contributed by atoms with E-state index in [0.29, 0.717) is 5.41 Å². The van der Waals surface area contributed by atoms with E-state index in [9.17, 15) is 0 Å². The molecule has 2 heteroatoms. The van der Waals surface area contributed by atoms with E-state index in [2.05, 4.69) is 30.4 Å². The van der Waals surface area contributed by atoms with E-state index in [0.717, 1.165) is 0 Å². The van der Waals surface area contributed by atoms with Crippen molar-refractivity contribution < 1.29 is 0 Å². The number of likely N-dealkylation sites (tertiary alicyclic amines) is 2. The highest BCUT2D eigenvalue weighted by Gasteiger charge is 2.40. The molecule has 0 N–H and O–H groups in total. The number of allylic oxidation sites excluding steroid dienone is 1. The van der Waals surface area contributed by atoms with Crippen molar-refractivity contribution in [3.63, 3.8) is 0 Å². The molecule has 80 valence electrons. The molecule has 2 saturated heterocycles. The van der Waals surface area contributed by atoms with Gasteiger partial charge in [0.05, 0.1) is 0 Å². The number of hydrogen-bond donors (Lipinski definition) is 0. The maximum atomic E-state index is 4.05. The van der Waals surface area contributed by atoms with Gasteiger partial charge in [0, 0.05) is 30.7 Å². The van der Waals surface area contributed by atoms with Crippen LogP contribution in [-0.2, 0) is 0 Å². The highest BCUT2D eigenvalue weighted by atomic mass is 15.2. The fourth-order valence-electron chi connectivity index (χ4n) is 3.05. The summed E-state index contributed by atoms with van der Waals surface area (Å²) < 4.78 is 0. The van der Waals surface area contributed by atoms with E-state index >= 15 is 0 Å². The first kappa shape index (κ1) is 10.0. The zero-order valence-electron chi connectivity index (χ0n) is 9.55. The fourth-order valence-corrected chi connectivity index (χ4v) is 3.05. The van der Waals surface area contributed by atoms with Crippen molar-refractivity contribution in [1.82, 2.24) is 9.80 Å².